The predicted octanol–water partition coefficient (Wildman–Crippen LogP) is 3.08. The van der Waals surface area contributed by atoms with Gasteiger partial charge >= 0.3 is 0 Å². The first-order valence-electron chi connectivity index (χ1n) is 10.6. The van der Waals surface area contributed by atoms with E-state index in [4.69, 9.17) is 9.26 Å². The standard InChI is InChI=1S/C22H25N7O3S/c1-3-33-22-26-19(23-10-12-31-2)16-14-25-29(20(16)27-22)11-9-24-21(30)17-13-18(32-28-17)15-7-5-4-6-8-15/h4-8,13-14H,3,9-12H2,1-2H3,(H,24,30)(H,23,26,27). The Kier molecular flexibility index (Phi) is 7.53. The smallest absolute Gasteiger partial charge is 0.273 e. The van der Waals surface area contributed by atoms with E-state index in [2.05, 4.69) is 37.8 Å². The number of carbonyl (C=O) groups is 1. The Morgan fingerprint density at radius 3 is 2.85 bits per heavy atom. The zero-order valence-electron chi connectivity index (χ0n) is 18.4. The number of thioether (sulfide) groups is 1. The molecular weight excluding hydrogens is 442 g/mol. The van der Waals surface area contributed by atoms with E-state index in [-0.39, 0.29) is 11.6 Å². The molecule has 0 saturated heterocycles. The van der Waals surface area contributed by atoms with Gasteiger partial charge in [0, 0.05) is 31.8 Å². The van der Waals surface area contributed by atoms with Gasteiger partial charge in [-0.05, 0) is 5.75 Å². The van der Waals surface area contributed by atoms with Crippen LogP contribution in [0.3, 0.4) is 0 Å². The minimum atomic E-state index is -0.309. The molecule has 3 aromatic heterocycles. The molecular formula is C22H25N7O3S. The minimum Gasteiger partial charge on any atom is -0.383 e. The number of amides is 1. The van der Waals surface area contributed by atoms with Crippen molar-refractivity contribution in [2.24, 2.45) is 0 Å². The molecule has 1 aromatic carbocycles. The number of aromatic nitrogens is 5. The van der Waals surface area contributed by atoms with E-state index >= 15 is 0 Å². The Bertz CT molecular complexity index is 1210. The fraction of sp³-hybridized carbons (Fsp3) is 0.318. The highest BCUT2D eigenvalue weighted by Crippen LogP contribution is 2.24. The fourth-order valence-corrected chi connectivity index (χ4v) is 3.75. The van der Waals surface area contributed by atoms with Gasteiger partial charge in [0.2, 0.25) is 0 Å². The van der Waals surface area contributed by atoms with Crippen LogP contribution in [-0.4, -0.2) is 63.4 Å². The number of rotatable bonds is 11. The summed E-state index contributed by atoms with van der Waals surface area (Å²) < 4.78 is 12.2. The molecule has 2 N–H and O–H groups in total. The average molecular weight is 468 g/mol. The molecule has 0 spiro atoms. The van der Waals surface area contributed by atoms with Gasteiger partial charge in [-0.2, -0.15) is 5.10 Å². The summed E-state index contributed by atoms with van der Waals surface area (Å²) in [5.74, 6) is 1.82. The van der Waals surface area contributed by atoms with Crippen LogP contribution in [0.4, 0.5) is 5.82 Å². The van der Waals surface area contributed by atoms with Crippen molar-refractivity contribution in [2.75, 3.05) is 37.9 Å². The second-order valence-corrected chi connectivity index (χ2v) is 8.24. The van der Waals surface area contributed by atoms with Crippen LogP contribution in [-0.2, 0) is 11.3 Å². The van der Waals surface area contributed by atoms with E-state index in [0.717, 1.165) is 22.5 Å². The topological polar surface area (TPSA) is 120 Å². The van der Waals surface area contributed by atoms with Crippen LogP contribution in [0, 0.1) is 0 Å². The van der Waals surface area contributed by atoms with Gasteiger partial charge in [0.1, 0.15) is 5.82 Å². The SMILES string of the molecule is CCSc1nc(NCCOC)c2cnn(CCNC(=O)c3cc(-c4ccccc4)on3)c2n1. The number of ether oxygens (including phenoxy) is 1. The number of hydrogen-bond donors (Lipinski definition) is 2. The maximum absolute atomic E-state index is 12.5. The van der Waals surface area contributed by atoms with E-state index in [1.165, 1.54) is 0 Å². The molecule has 0 unspecified atom stereocenters. The predicted molar refractivity (Wildman–Crippen MR) is 126 cm³/mol. The number of fused-ring (bicyclic) bond motifs is 1. The van der Waals surface area contributed by atoms with Crippen molar-refractivity contribution >= 4 is 34.5 Å². The third kappa shape index (κ3) is 5.49. The average Bonchev–Trinajstić information content (AvgIpc) is 3.48. The summed E-state index contributed by atoms with van der Waals surface area (Å²) in [5, 5.41) is 16.0. The molecule has 4 rings (SSSR count). The molecule has 10 nitrogen and oxygen atoms in total. The van der Waals surface area contributed by atoms with Crippen LogP contribution in [0.25, 0.3) is 22.4 Å². The van der Waals surface area contributed by atoms with Crippen LogP contribution in [0.15, 0.2) is 52.3 Å². The van der Waals surface area contributed by atoms with Crippen molar-refractivity contribution in [3.8, 4) is 11.3 Å². The van der Waals surface area contributed by atoms with E-state index < -0.39 is 0 Å². The summed E-state index contributed by atoms with van der Waals surface area (Å²) in [5.41, 5.74) is 1.80. The molecule has 0 radical (unpaired) electrons. The molecule has 33 heavy (non-hydrogen) atoms. The van der Waals surface area contributed by atoms with Crippen molar-refractivity contribution in [3.05, 3.63) is 48.3 Å². The lowest BCUT2D eigenvalue weighted by Crippen LogP contribution is -2.27. The second kappa shape index (κ2) is 10.9. The lowest BCUT2D eigenvalue weighted by atomic mass is 10.1. The fourth-order valence-electron chi connectivity index (χ4n) is 3.19. The van der Waals surface area contributed by atoms with Crippen LogP contribution in [0.2, 0.25) is 0 Å². The summed E-state index contributed by atoms with van der Waals surface area (Å²) in [6.07, 6.45) is 1.73. The number of nitrogens with zero attached hydrogens (tertiary/aromatic N) is 5. The summed E-state index contributed by atoms with van der Waals surface area (Å²) in [6.45, 7) is 4.05. The van der Waals surface area contributed by atoms with Gasteiger partial charge in [-0.1, -0.05) is 54.2 Å². The Hall–Kier alpha value is -3.44. The van der Waals surface area contributed by atoms with Crippen LogP contribution < -0.4 is 10.6 Å². The summed E-state index contributed by atoms with van der Waals surface area (Å²) >= 11 is 1.56. The third-order valence-electron chi connectivity index (χ3n) is 4.76. The van der Waals surface area contributed by atoms with E-state index in [0.29, 0.717) is 42.8 Å². The van der Waals surface area contributed by atoms with Gasteiger partial charge in [-0.25, -0.2) is 14.6 Å². The first-order valence-corrected chi connectivity index (χ1v) is 11.6. The van der Waals surface area contributed by atoms with Crippen molar-refractivity contribution in [3.63, 3.8) is 0 Å². The third-order valence-corrected chi connectivity index (χ3v) is 5.49. The zero-order valence-corrected chi connectivity index (χ0v) is 19.3. The Morgan fingerprint density at radius 2 is 2.06 bits per heavy atom. The van der Waals surface area contributed by atoms with Crippen molar-refractivity contribution in [2.45, 2.75) is 18.6 Å². The van der Waals surface area contributed by atoms with Gasteiger partial charge < -0.3 is 19.9 Å². The lowest BCUT2D eigenvalue weighted by Gasteiger charge is -2.09. The number of methoxy groups -OCH3 is 1. The first-order chi connectivity index (χ1) is 16.2. The molecule has 0 fully saturated rings. The molecule has 1 amide bonds. The van der Waals surface area contributed by atoms with E-state index in [1.807, 2.05) is 30.3 Å². The van der Waals surface area contributed by atoms with Crippen molar-refractivity contribution in [1.82, 2.24) is 30.2 Å². The Morgan fingerprint density at radius 1 is 1.21 bits per heavy atom. The maximum atomic E-state index is 12.5. The molecule has 172 valence electrons. The van der Waals surface area contributed by atoms with Crippen molar-refractivity contribution < 1.29 is 14.1 Å². The summed E-state index contributed by atoms with van der Waals surface area (Å²) in [6, 6.07) is 11.1. The molecule has 0 aliphatic carbocycles. The van der Waals surface area contributed by atoms with E-state index in [1.54, 1.807) is 35.8 Å². The number of hydrogen-bond acceptors (Lipinski definition) is 9. The highest BCUT2D eigenvalue weighted by Gasteiger charge is 2.15. The van der Waals surface area contributed by atoms with Crippen molar-refractivity contribution in [1.29, 1.82) is 0 Å². The van der Waals surface area contributed by atoms with E-state index in [9.17, 15) is 4.79 Å². The molecule has 4 aromatic rings. The number of anilines is 1. The molecule has 0 aliphatic rings. The highest BCUT2D eigenvalue weighted by molar-refractivity contribution is 7.99. The highest BCUT2D eigenvalue weighted by atomic mass is 32.2. The Labute approximate surface area is 195 Å². The van der Waals surface area contributed by atoms with Gasteiger partial charge in [-0.15, -0.1) is 0 Å². The summed E-state index contributed by atoms with van der Waals surface area (Å²) in [4.78, 5) is 21.7. The van der Waals surface area contributed by atoms with Gasteiger partial charge in [-0.3, -0.25) is 4.79 Å². The lowest BCUT2D eigenvalue weighted by molar-refractivity contribution is 0.0943. The van der Waals surface area contributed by atoms with Crippen LogP contribution in [0.5, 0.6) is 0 Å². The van der Waals surface area contributed by atoms with Crippen LogP contribution >= 0.6 is 11.8 Å². The second-order valence-electron chi connectivity index (χ2n) is 7.01. The van der Waals surface area contributed by atoms with Gasteiger partial charge in [0.05, 0.1) is 24.7 Å². The Balaban J connectivity index is 1.42. The van der Waals surface area contributed by atoms with Gasteiger partial charge in [0.25, 0.3) is 5.91 Å². The summed E-state index contributed by atoms with van der Waals surface area (Å²) in [7, 11) is 1.66. The normalized spacial score (nSPS) is 11.1. The first kappa shape index (κ1) is 22.7. The number of carbonyl (C=O) groups excluding carboxylic acids is 1. The van der Waals surface area contributed by atoms with Crippen LogP contribution in [0.1, 0.15) is 17.4 Å². The number of nitrogens with one attached hydrogen (secondary N) is 2. The molecule has 0 saturated carbocycles. The largest absolute Gasteiger partial charge is 0.383 e. The molecule has 0 bridgehead atoms. The molecule has 0 aliphatic heterocycles. The van der Waals surface area contributed by atoms with Gasteiger partial charge in [0.15, 0.2) is 22.3 Å². The molecule has 0 atom stereocenters. The monoisotopic (exact) mass is 467 g/mol. The zero-order chi connectivity index (χ0) is 23.0. The maximum Gasteiger partial charge on any atom is 0.273 e. The number of benzene rings is 1. The molecule has 3 heterocycles. The quantitative estimate of drug-likeness (QED) is 0.195. The minimum absolute atomic E-state index is 0.229. The molecule has 11 heteroatoms.